The molecule has 0 saturated heterocycles. The number of nitriles is 1. The van der Waals surface area contributed by atoms with Crippen molar-refractivity contribution < 1.29 is 27.8 Å². The van der Waals surface area contributed by atoms with Crippen molar-refractivity contribution in [2.24, 2.45) is 0 Å². The van der Waals surface area contributed by atoms with E-state index >= 15 is 0 Å². The van der Waals surface area contributed by atoms with E-state index in [0.717, 1.165) is 24.8 Å². The Morgan fingerprint density at radius 1 is 0.857 bits per heavy atom. The van der Waals surface area contributed by atoms with Crippen molar-refractivity contribution >= 4 is 23.1 Å². The molecule has 0 saturated carbocycles. The maximum atomic E-state index is 14.6. The second-order valence-electron chi connectivity index (χ2n) is 9.67. The van der Waals surface area contributed by atoms with Crippen LogP contribution < -0.4 is 0 Å². The Bertz CT molecular complexity index is 1380. The predicted octanol–water partition coefficient (Wildman–Crippen LogP) is 9.29. The molecule has 42 heavy (non-hydrogen) atoms. The standard InChI is InChI=1S/C35H37F2NO4/c1-5-32(23-33(37)27(4)30-19-21-31(36)22-20-30)42-35(40)12-10-8-6-7-9-11-34(39)41-26(3)14-13-25(2)29-17-15-28(24-38)16-18-29/h13-23H,2-3,5-12H2,1,4H3/b14-13-,32-23+,33-27-. The molecule has 0 fully saturated rings. The molecule has 2 aromatic rings. The quantitative estimate of drug-likeness (QED) is 0.0866. The zero-order chi connectivity index (χ0) is 30.9. The summed E-state index contributed by atoms with van der Waals surface area (Å²) in [6.45, 7) is 11.1. The second-order valence-corrected chi connectivity index (χ2v) is 9.67. The number of carbonyl (C=O) groups is 2. The van der Waals surface area contributed by atoms with Crippen LogP contribution >= 0.6 is 0 Å². The first kappa shape index (κ1) is 33.6. The van der Waals surface area contributed by atoms with Crippen LogP contribution in [0.15, 0.2) is 97.3 Å². The number of esters is 2. The van der Waals surface area contributed by atoms with Crippen LogP contribution in [0, 0.1) is 17.1 Å². The molecule has 0 radical (unpaired) electrons. The molecule has 0 N–H and O–H groups in total. The molecule has 0 amide bonds. The highest BCUT2D eigenvalue weighted by Crippen LogP contribution is 2.23. The van der Waals surface area contributed by atoms with Gasteiger partial charge in [-0.1, -0.05) is 69.7 Å². The van der Waals surface area contributed by atoms with Gasteiger partial charge in [-0.25, -0.2) is 8.78 Å². The van der Waals surface area contributed by atoms with E-state index < -0.39 is 17.6 Å². The monoisotopic (exact) mass is 573 g/mol. The van der Waals surface area contributed by atoms with Crippen LogP contribution in [0.3, 0.4) is 0 Å². The summed E-state index contributed by atoms with van der Waals surface area (Å²) in [6, 6.07) is 14.6. The highest BCUT2D eigenvalue weighted by Gasteiger charge is 2.10. The van der Waals surface area contributed by atoms with Crippen molar-refractivity contribution in [3.05, 3.63) is 120 Å². The fraction of sp³-hybridized carbons (Fsp3) is 0.286. The molecule has 0 aliphatic heterocycles. The molecule has 2 aromatic carbocycles. The van der Waals surface area contributed by atoms with E-state index in [4.69, 9.17) is 14.7 Å². The van der Waals surface area contributed by atoms with Crippen LogP contribution in [0.2, 0.25) is 0 Å². The van der Waals surface area contributed by atoms with Crippen molar-refractivity contribution in [3.63, 3.8) is 0 Å². The second kappa shape index (κ2) is 18.0. The van der Waals surface area contributed by atoms with Crippen LogP contribution in [0.25, 0.3) is 11.1 Å². The number of allylic oxidation sites excluding steroid dienone is 7. The van der Waals surface area contributed by atoms with E-state index in [9.17, 15) is 18.4 Å². The van der Waals surface area contributed by atoms with E-state index in [1.807, 2.05) is 0 Å². The van der Waals surface area contributed by atoms with Crippen LogP contribution in [-0.4, -0.2) is 11.9 Å². The number of hydrogen-bond donors (Lipinski definition) is 0. The first-order chi connectivity index (χ1) is 20.1. The van der Waals surface area contributed by atoms with Gasteiger partial charge in [-0.15, -0.1) is 0 Å². The third-order valence-corrected chi connectivity index (χ3v) is 6.38. The van der Waals surface area contributed by atoms with Crippen molar-refractivity contribution in [2.45, 2.75) is 65.2 Å². The fourth-order valence-electron chi connectivity index (χ4n) is 3.84. The SMILES string of the molecule is C=C(/C=C\C(=C)c1ccc(C#N)cc1)OC(=O)CCCCCCCC(=O)O/C(=C/C(F)=C(\C)c1ccc(F)cc1)CC. The molecule has 2 rings (SSSR count). The number of nitrogens with zero attached hydrogens (tertiary/aromatic N) is 1. The third-order valence-electron chi connectivity index (χ3n) is 6.38. The number of halogens is 2. The summed E-state index contributed by atoms with van der Waals surface area (Å²) >= 11 is 0. The molecule has 5 nitrogen and oxygen atoms in total. The summed E-state index contributed by atoms with van der Waals surface area (Å²) in [5.74, 6) is -1.29. The zero-order valence-electron chi connectivity index (χ0n) is 24.3. The van der Waals surface area contributed by atoms with Crippen molar-refractivity contribution in [2.75, 3.05) is 0 Å². The molecule has 0 bridgehead atoms. The number of benzene rings is 2. The smallest absolute Gasteiger partial charge is 0.311 e. The van der Waals surface area contributed by atoms with Gasteiger partial charge in [0, 0.05) is 25.3 Å². The van der Waals surface area contributed by atoms with Gasteiger partial charge in [0.25, 0.3) is 0 Å². The predicted molar refractivity (Wildman–Crippen MR) is 161 cm³/mol. The molecule has 0 aromatic heterocycles. The summed E-state index contributed by atoms with van der Waals surface area (Å²) in [7, 11) is 0. The Morgan fingerprint density at radius 2 is 1.40 bits per heavy atom. The minimum Gasteiger partial charge on any atom is -0.431 e. The summed E-state index contributed by atoms with van der Waals surface area (Å²) < 4.78 is 38.3. The topological polar surface area (TPSA) is 76.4 Å². The van der Waals surface area contributed by atoms with Gasteiger partial charge < -0.3 is 9.47 Å². The number of hydrogen-bond acceptors (Lipinski definition) is 5. The van der Waals surface area contributed by atoms with Gasteiger partial charge in [0.1, 0.15) is 23.2 Å². The average Bonchev–Trinajstić information content (AvgIpc) is 2.98. The number of unbranched alkanes of at least 4 members (excludes halogenated alkanes) is 4. The van der Waals surface area contributed by atoms with Gasteiger partial charge in [-0.3, -0.25) is 9.59 Å². The highest BCUT2D eigenvalue weighted by molar-refractivity contribution is 5.74. The van der Waals surface area contributed by atoms with Crippen molar-refractivity contribution in [1.29, 1.82) is 5.26 Å². The van der Waals surface area contributed by atoms with E-state index in [-0.39, 0.29) is 30.3 Å². The molecule has 220 valence electrons. The van der Waals surface area contributed by atoms with Crippen LogP contribution in [-0.2, 0) is 19.1 Å². The van der Waals surface area contributed by atoms with Gasteiger partial charge in [0.2, 0.25) is 0 Å². The van der Waals surface area contributed by atoms with Gasteiger partial charge >= 0.3 is 11.9 Å². The first-order valence-corrected chi connectivity index (χ1v) is 13.9. The van der Waals surface area contributed by atoms with Gasteiger partial charge in [0.15, 0.2) is 0 Å². The normalized spacial score (nSPS) is 11.9. The summed E-state index contributed by atoms with van der Waals surface area (Å²) in [5, 5.41) is 8.88. The lowest BCUT2D eigenvalue weighted by atomic mass is 10.1. The number of carbonyl (C=O) groups excluding carboxylic acids is 2. The van der Waals surface area contributed by atoms with Gasteiger partial charge in [-0.05, 0) is 72.4 Å². The lowest BCUT2D eigenvalue weighted by Crippen LogP contribution is -2.04. The Balaban J connectivity index is 1.63. The Morgan fingerprint density at radius 3 is 1.98 bits per heavy atom. The minimum atomic E-state index is -0.544. The maximum absolute atomic E-state index is 14.6. The van der Waals surface area contributed by atoms with Crippen LogP contribution in [0.5, 0.6) is 0 Å². The molecule has 0 aliphatic carbocycles. The van der Waals surface area contributed by atoms with Crippen LogP contribution in [0.4, 0.5) is 8.78 Å². The van der Waals surface area contributed by atoms with E-state index in [1.165, 1.54) is 30.3 Å². The van der Waals surface area contributed by atoms with Crippen LogP contribution in [0.1, 0.15) is 81.9 Å². The lowest BCUT2D eigenvalue weighted by Gasteiger charge is -2.08. The molecule has 0 spiro atoms. The zero-order valence-corrected chi connectivity index (χ0v) is 24.3. The molecular formula is C35H37F2NO4. The summed E-state index contributed by atoms with van der Waals surface area (Å²) in [4.78, 5) is 24.3. The average molecular weight is 574 g/mol. The van der Waals surface area contributed by atoms with Gasteiger partial charge in [-0.2, -0.15) is 5.26 Å². The first-order valence-electron chi connectivity index (χ1n) is 13.9. The fourth-order valence-corrected chi connectivity index (χ4v) is 3.84. The lowest BCUT2D eigenvalue weighted by molar-refractivity contribution is -0.140. The molecule has 0 atom stereocenters. The molecule has 7 heteroatoms. The van der Waals surface area contributed by atoms with E-state index in [0.29, 0.717) is 41.5 Å². The minimum absolute atomic E-state index is 0.210. The van der Waals surface area contributed by atoms with Crippen molar-refractivity contribution in [1.82, 2.24) is 0 Å². The molecule has 0 aliphatic rings. The number of ether oxygens (including phenoxy) is 2. The Kier molecular flexibility index (Phi) is 14.4. The molecule has 0 heterocycles. The number of rotatable bonds is 16. The van der Waals surface area contributed by atoms with Gasteiger partial charge in [0.05, 0.1) is 11.6 Å². The van der Waals surface area contributed by atoms with Crippen molar-refractivity contribution in [3.8, 4) is 6.07 Å². The maximum Gasteiger partial charge on any atom is 0.311 e. The van der Waals surface area contributed by atoms with E-state index in [2.05, 4.69) is 19.2 Å². The Labute approximate surface area is 247 Å². The summed E-state index contributed by atoms with van der Waals surface area (Å²) in [5.41, 5.74) is 2.98. The Hall–Kier alpha value is -4.57. The molecule has 0 unspecified atom stereocenters. The largest absolute Gasteiger partial charge is 0.431 e. The van der Waals surface area contributed by atoms with E-state index in [1.54, 1.807) is 50.3 Å². The molecular weight excluding hydrogens is 536 g/mol. The third kappa shape index (κ3) is 12.3. The highest BCUT2D eigenvalue weighted by atomic mass is 19.1. The summed E-state index contributed by atoms with van der Waals surface area (Å²) in [6.07, 6.45) is 9.01.